The number of hydrogen-bond donors (Lipinski definition) is 0. The highest BCUT2D eigenvalue weighted by molar-refractivity contribution is 4.68. The van der Waals surface area contributed by atoms with E-state index in [4.69, 9.17) is 0 Å². The molecule has 1 aliphatic heterocycles. The third-order valence-electron chi connectivity index (χ3n) is 2.41. The summed E-state index contributed by atoms with van der Waals surface area (Å²) in [6.07, 6.45) is 2.43. The highest BCUT2D eigenvalue weighted by Gasteiger charge is 2.15. The van der Waals surface area contributed by atoms with Gasteiger partial charge in [0.1, 0.15) is 0 Å². The van der Waals surface area contributed by atoms with E-state index in [-0.39, 0.29) is 0 Å². The average Bonchev–Trinajstić information content (AvgIpc) is 2.17. The molecular weight excluding hydrogens is 162 g/mol. The van der Waals surface area contributed by atoms with Gasteiger partial charge in [-0.3, -0.25) is 0 Å². The first-order valence-electron chi connectivity index (χ1n) is 5.51. The summed E-state index contributed by atoms with van der Waals surface area (Å²) in [6, 6.07) is 0. The van der Waals surface area contributed by atoms with Crippen LogP contribution in [0.5, 0.6) is 0 Å². The molecule has 0 atom stereocenters. The van der Waals surface area contributed by atoms with E-state index in [0.29, 0.717) is 0 Å². The fourth-order valence-corrected chi connectivity index (χ4v) is 1.66. The highest BCUT2D eigenvalue weighted by Crippen LogP contribution is 2.00. The van der Waals surface area contributed by atoms with Gasteiger partial charge in [-0.25, -0.2) is 5.01 Å². The summed E-state index contributed by atoms with van der Waals surface area (Å²) in [5.41, 5.74) is 4.50. The Kier molecular flexibility index (Phi) is 5.35. The lowest BCUT2D eigenvalue weighted by molar-refractivity contribution is 0.0856. The quantitative estimate of drug-likeness (QED) is 0.634. The smallest absolute Gasteiger partial charge is 0.0304 e. The van der Waals surface area contributed by atoms with Crippen LogP contribution in [0.4, 0.5) is 0 Å². The first kappa shape index (κ1) is 11.0. The Labute approximate surface area is 82.1 Å². The largest absolute Gasteiger partial charge is 0.301 e. The van der Waals surface area contributed by atoms with Gasteiger partial charge in [-0.05, 0) is 19.4 Å². The molecule has 1 aliphatic rings. The zero-order valence-corrected chi connectivity index (χ0v) is 9.00. The molecule has 1 fully saturated rings. The number of hydrogen-bond acceptors (Lipinski definition) is 2. The molecule has 1 rings (SSSR count). The van der Waals surface area contributed by atoms with Crippen molar-refractivity contribution in [3.05, 3.63) is 0 Å². The summed E-state index contributed by atoms with van der Waals surface area (Å²) in [5.74, 6) is 0. The standard InChI is InChI=1S/C10H22N3/c1-3-5-11-13-9-7-12(6-4-2)8-10-13/h3-10H2,1-2H3. The second kappa shape index (κ2) is 6.35. The van der Waals surface area contributed by atoms with Crippen LogP contribution >= 0.6 is 0 Å². The Hall–Kier alpha value is -0.120. The van der Waals surface area contributed by atoms with Crippen LogP contribution in [-0.2, 0) is 0 Å². The molecule has 0 aliphatic carbocycles. The maximum Gasteiger partial charge on any atom is 0.0304 e. The van der Waals surface area contributed by atoms with Crippen LogP contribution < -0.4 is 5.43 Å². The van der Waals surface area contributed by atoms with E-state index >= 15 is 0 Å². The zero-order valence-electron chi connectivity index (χ0n) is 9.00. The van der Waals surface area contributed by atoms with Crippen molar-refractivity contribution in [3.8, 4) is 0 Å². The van der Waals surface area contributed by atoms with Crippen molar-refractivity contribution in [1.29, 1.82) is 0 Å². The van der Waals surface area contributed by atoms with E-state index in [2.05, 4.69) is 29.2 Å². The molecule has 3 heteroatoms. The zero-order chi connectivity index (χ0) is 9.52. The summed E-state index contributed by atoms with van der Waals surface area (Å²) in [4.78, 5) is 2.53. The molecule has 0 bridgehead atoms. The number of rotatable bonds is 5. The van der Waals surface area contributed by atoms with Crippen LogP contribution in [0, 0.1) is 0 Å². The van der Waals surface area contributed by atoms with E-state index in [1.54, 1.807) is 0 Å². The van der Waals surface area contributed by atoms with E-state index in [1.165, 1.54) is 26.1 Å². The monoisotopic (exact) mass is 184 g/mol. The minimum Gasteiger partial charge on any atom is -0.301 e. The van der Waals surface area contributed by atoms with E-state index in [1.807, 2.05) is 0 Å². The van der Waals surface area contributed by atoms with Gasteiger partial charge in [-0.2, -0.15) is 5.43 Å². The molecule has 1 saturated heterocycles. The highest BCUT2D eigenvalue weighted by atomic mass is 15.5. The molecule has 0 unspecified atom stereocenters. The third kappa shape index (κ3) is 4.07. The summed E-state index contributed by atoms with van der Waals surface area (Å²) in [6.45, 7) is 11.3. The molecular formula is C10H22N3. The van der Waals surface area contributed by atoms with Gasteiger partial charge in [-0.1, -0.05) is 13.8 Å². The molecule has 0 saturated carbocycles. The maximum atomic E-state index is 4.50. The van der Waals surface area contributed by atoms with Crippen molar-refractivity contribution in [1.82, 2.24) is 15.3 Å². The van der Waals surface area contributed by atoms with Gasteiger partial charge in [0.2, 0.25) is 0 Å². The molecule has 0 aromatic heterocycles. The van der Waals surface area contributed by atoms with E-state index < -0.39 is 0 Å². The molecule has 0 amide bonds. The summed E-state index contributed by atoms with van der Waals surface area (Å²) in [7, 11) is 0. The van der Waals surface area contributed by atoms with Crippen LogP contribution in [0.2, 0.25) is 0 Å². The first-order chi connectivity index (χ1) is 6.36. The second-order valence-electron chi connectivity index (χ2n) is 3.66. The Morgan fingerprint density at radius 3 is 2.23 bits per heavy atom. The Balaban J connectivity index is 2.08. The number of nitrogens with zero attached hydrogens (tertiary/aromatic N) is 3. The predicted octanol–water partition coefficient (Wildman–Crippen LogP) is 0.943. The third-order valence-corrected chi connectivity index (χ3v) is 2.41. The molecule has 0 N–H and O–H groups in total. The van der Waals surface area contributed by atoms with Gasteiger partial charge in [0, 0.05) is 32.7 Å². The summed E-state index contributed by atoms with van der Waals surface area (Å²) >= 11 is 0. The van der Waals surface area contributed by atoms with Crippen molar-refractivity contribution < 1.29 is 0 Å². The lowest BCUT2D eigenvalue weighted by Gasteiger charge is -2.33. The minimum atomic E-state index is 0.994. The van der Waals surface area contributed by atoms with Gasteiger partial charge in [0.15, 0.2) is 0 Å². The molecule has 3 nitrogen and oxygen atoms in total. The molecule has 0 aromatic rings. The lowest BCUT2D eigenvalue weighted by atomic mass is 10.3. The average molecular weight is 184 g/mol. The van der Waals surface area contributed by atoms with Crippen LogP contribution in [0.3, 0.4) is 0 Å². The van der Waals surface area contributed by atoms with Crippen molar-refractivity contribution in [2.75, 3.05) is 39.3 Å². The van der Waals surface area contributed by atoms with Crippen molar-refractivity contribution >= 4 is 0 Å². The normalized spacial score (nSPS) is 20.8. The van der Waals surface area contributed by atoms with Gasteiger partial charge in [-0.15, -0.1) is 0 Å². The fourth-order valence-electron chi connectivity index (χ4n) is 1.66. The molecule has 1 radical (unpaired) electrons. The van der Waals surface area contributed by atoms with Gasteiger partial charge in [0.05, 0.1) is 0 Å². The first-order valence-corrected chi connectivity index (χ1v) is 5.51. The summed E-state index contributed by atoms with van der Waals surface area (Å²) in [5, 5.41) is 2.23. The predicted molar refractivity (Wildman–Crippen MR) is 55.6 cm³/mol. The Morgan fingerprint density at radius 2 is 1.69 bits per heavy atom. The van der Waals surface area contributed by atoms with Crippen LogP contribution in [0.1, 0.15) is 26.7 Å². The van der Waals surface area contributed by atoms with E-state index in [0.717, 1.165) is 26.1 Å². The van der Waals surface area contributed by atoms with E-state index in [9.17, 15) is 0 Å². The minimum absolute atomic E-state index is 0.994. The maximum absolute atomic E-state index is 4.50. The van der Waals surface area contributed by atoms with Crippen molar-refractivity contribution in [2.45, 2.75) is 26.7 Å². The second-order valence-corrected chi connectivity index (χ2v) is 3.66. The van der Waals surface area contributed by atoms with Gasteiger partial charge in [0.25, 0.3) is 0 Å². The Morgan fingerprint density at radius 1 is 1.00 bits per heavy atom. The molecule has 1 heterocycles. The SMILES string of the molecule is CCC[N]N1CCN(CCC)CC1. The van der Waals surface area contributed by atoms with Crippen LogP contribution in [0.25, 0.3) is 0 Å². The lowest BCUT2D eigenvalue weighted by Crippen LogP contribution is -2.49. The molecule has 13 heavy (non-hydrogen) atoms. The van der Waals surface area contributed by atoms with Gasteiger partial charge >= 0.3 is 0 Å². The molecule has 77 valence electrons. The van der Waals surface area contributed by atoms with Crippen LogP contribution in [-0.4, -0.2) is 49.2 Å². The fraction of sp³-hybridized carbons (Fsp3) is 1.00. The molecule has 0 spiro atoms. The van der Waals surface area contributed by atoms with Crippen LogP contribution in [0.15, 0.2) is 0 Å². The van der Waals surface area contributed by atoms with Crippen molar-refractivity contribution in [3.63, 3.8) is 0 Å². The van der Waals surface area contributed by atoms with Gasteiger partial charge < -0.3 is 4.90 Å². The number of piperazine rings is 1. The molecule has 0 aromatic carbocycles. The van der Waals surface area contributed by atoms with Crippen molar-refractivity contribution in [2.24, 2.45) is 0 Å². The topological polar surface area (TPSA) is 20.6 Å². The Bertz CT molecular complexity index is 119. The summed E-state index contributed by atoms with van der Waals surface area (Å²) < 4.78 is 0.